The molecule has 0 unspecified atom stereocenters. The molecule has 0 amide bonds. The monoisotopic (exact) mass is 252 g/mol. The summed E-state index contributed by atoms with van der Waals surface area (Å²) in [6.07, 6.45) is 0.942. The summed E-state index contributed by atoms with van der Waals surface area (Å²) >= 11 is 0. The molecule has 0 saturated heterocycles. The van der Waals surface area contributed by atoms with Gasteiger partial charge in [0.1, 0.15) is 0 Å². The Hall–Kier alpha value is -0.737. The minimum Gasteiger partial charge on any atom is -0.545 e. The van der Waals surface area contributed by atoms with Gasteiger partial charge in [0.25, 0.3) is 0 Å². The fraction of sp³-hybridized carbons (Fsp3) is 0.500. The summed E-state index contributed by atoms with van der Waals surface area (Å²) < 4.78 is 0. The molecule has 0 aliphatic heterocycles. The molecule has 0 aromatic carbocycles. The first kappa shape index (κ1) is 18.9. The third kappa shape index (κ3) is 30.2. The topological polar surface area (TPSA) is 89.5 Å². The molecular formula is C8H14NO4Zn-. The molecule has 5 nitrogen and oxygen atoms in total. The van der Waals surface area contributed by atoms with Crippen molar-refractivity contribution in [1.82, 2.24) is 5.32 Å². The first-order valence-corrected chi connectivity index (χ1v) is 3.87. The molecule has 0 aromatic heterocycles. The molecule has 0 fully saturated rings. The van der Waals surface area contributed by atoms with Crippen LogP contribution in [0.15, 0.2) is 12.2 Å². The predicted octanol–water partition coefficient (Wildman–Crippen LogP) is -1.01. The van der Waals surface area contributed by atoms with Crippen molar-refractivity contribution in [3.8, 4) is 0 Å². The largest absolute Gasteiger partial charge is 0.545 e. The second-order valence-electron chi connectivity index (χ2n) is 1.95. The Bertz CT molecular complexity index is 164. The minimum absolute atomic E-state index is 0. The standard InChI is InChI=1S/C4H11N.C4H4O4.Zn/c1-3-5-4-2;5-3(6)1-2-4(7)8;/h5H,3-4H2,1-2H3;1-2H,(H,5,6)(H,7,8);/p-1/b;2-1+;. The molecule has 0 bridgehead atoms. The Balaban J connectivity index is -0.000000177. The van der Waals surface area contributed by atoms with Crippen LogP contribution in [0.25, 0.3) is 0 Å². The molecule has 0 spiro atoms. The summed E-state index contributed by atoms with van der Waals surface area (Å²) in [7, 11) is 0. The number of hydrogen-bond donors (Lipinski definition) is 2. The van der Waals surface area contributed by atoms with Crippen molar-refractivity contribution in [1.29, 1.82) is 0 Å². The van der Waals surface area contributed by atoms with E-state index in [1.54, 1.807) is 0 Å². The van der Waals surface area contributed by atoms with E-state index in [4.69, 9.17) is 5.11 Å². The maximum Gasteiger partial charge on any atom is 0.328 e. The number of carbonyl (C=O) groups is 2. The third-order valence-corrected chi connectivity index (χ3v) is 0.862. The van der Waals surface area contributed by atoms with E-state index in [0.717, 1.165) is 13.1 Å². The van der Waals surface area contributed by atoms with Crippen molar-refractivity contribution in [2.75, 3.05) is 13.1 Å². The third-order valence-electron chi connectivity index (χ3n) is 0.862. The maximum atomic E-state index is 9.53. The van der Waals surface area contributed by atoms with Crippen LogP contribution in [0.5, 0.6) is 0 Å². The van der Waals surface area contributed by atoms with Gasteiger partial charge in [0, 0.05) is 25.6 Å². The van der Waals surface area contributed by atoms with Gasteiger partial charge in [-0.25, -0.2) is 4.79 Å². The van der Waals surface area contributed by atoms with E-state index in [9.17, 15) is 14.7 Å². The van der Waals surface area contributed by atoms with E-state index in [2.05, 4.69) is 19.2 Å². The molecule has 0 saturated carbocycles. The number of carbonyl (C=O) groups excluding carboxylic acids is 1. The van der Waals surface area contributed by atoms with E-state index in [1.807, 2.05) is 0 Å². The van der Waals surface area contributed by atoms with E-state index in [-0.39, 0.29) is 19.5 Å². The van der Waals surface area contributed by atoms with Crippen LogP contribution in [-0.2, 0) is 29.1 Å². The normalized spacial score (nSPS) is 8.43. The Labute approximate surface area is 96.0 Å². The van der Waals surface area contributed by atoms with Crippen molar-refractivity contribution in [3.63, 3.8) is 0 Å². The van der Waals surface area contributed by atoms with E-state index in [0.29, 0.717) is 12.2 Å². The Morgan fingerprint density at radius 3 is 1.79 bits per heavy atom. The summed E-state index contributed by atoms with van der Waals surface area (Å²) in [5.74, 6) is -2.80. The van der Waals surface area contributed by atoms with Gasteiger partial charge in [0.05, 0.1) is 5.97 Å². The number of aliphatic carboxylic acids is 2. The minimum atomic E-state index is -1.51. The van der Waals surface area contributed by atoms with Crippen molar-refractivity contribution in [2.24, 2.45) is 0 Å². The van der Waals surface area contributed by atoms with Crippen LogP contribution in [0.4, 0.5) is 0 Å². The predicted molar refractivity (Wildman–Crippen MR) is 46.0 cm³/mol. The summed E-state index contributed by atoms with van der Waals surface area (Å²) in [6.45, 7) is 6.39. The Kier molecular flexibility index (Phi) is 20.0. The van der Waals surface area contributed by atoms with Crippen LogP contribution in [-0.4, -0.2) is 30.1 Å². The fourth-order valence-electron chi connectivity index (χ4n) is 0.389. The van der Waals surface area contributed by atoms with Gasteiger partial charge < -0.3 is 20.3 Å². The van der Waals surface area contributed by atoms with Gasteiger partial charge in [-0.2, -0.15) is 0 Å². The summed E-state index contributed by atoms with van der Waals surface area (Å²) in [5, 5.41) is 20.3. The second kappa shape index (κ2) is 14.8. The van der Waals surface area contributed by atoms with Crippen molar-refractivity contribution >= 4 is 11.9 Å². The average Bonchev–Trinajstić information content (AvgIpc) is 2.03. The van der Waals surface area contributed by atoms with Gasteiger partial charge in [0.15, 0.2) is 0 Å². The number of carboxylic acid groups (broad SMARTS) is 2. The zero-order valence-corrected chi connectivity index (χ0v) is 11.4. The molecule has 2 N–H and O–H groups in total. The van der Waals surface area contributed by atoms with E-state index in [1.165, 1.54) is 0 Å². The van der Waals surface area contributed by atoms with Crippen molar-refractivity contribution < 1.29 is 39.3 Å². The fourth-order valence-corrected chi connectivity index (χ4v) is 0.389. The molecule has 0 aliphatic rings. The SMILES string of the molecule is CCNCC.O=C([O-])/C=C/C(=O)O.[Zn]. The van der Waals surface area contributed by atoms with Gasteiger partial charge in [-0.15, -0.1) is 0 Å². The number of nitrogens with one attached hydrogen (secondary N) is 1. The van der Waals surface area contributed by atoms with Crippen LogP contribution in [0.3, 0.4) is 0 Å². The van der Waals surface area contributed by atoms with Crippen LogP contribution in [0, 0.1) is 0 Å². The number of rotatable bonds is 4. The molecule has 0 aliphatic carbocycles. The van der Waals surface area contributed by atoms with Gasteiger partial charge in [-0.05, 0) is 19.2 Å². The van der Waals surface area contributed by atoms with Crippen LogP contribution < -0.4 is 10.4 Å². The van der Waals surface area contributed by atoms with E-state index < -0.39 is 11.9 Å². The number of carboxylic acids is 2. The zero-order valence-electron chi connectivity index (χ0n) is 8.45. The summed E-state index contributed by atoms with van der Waals surface area (Å²) in [4.78, 5) is 19.0. The van der Waals surface area contributed by atoms with Gasteiger partial charge in [-0.1, -0.05) is 13.8 Å². The quantitative estimate of drug-likeness (QED) is 0.495. The van der Waals surface area contributed by atoms with Gasteiger partial charge in [-0.3, -0.25) is 0 Å². The van der Waals surface area contributed by atoms with Crippen molar-refractivity contribution in [2.45, 2.75) is 13.8 Å². The van der Waals surface area contributed by atoms with Crippen LogP contribution in [0.2, 0.25) is 0 Å². The van der Waals surface area contributed by atoms with E-state index >= 15 is 0 Å². The molecule has 0 rings (SSSR count). The average molecular weight is 254 g/mol. The van der Waals surface area contributed by atoms with Gasteiger partial charge >= 0.3 is 5.97 Å². The Morgan fingerprint density at radius 2 is 1.71 bits per heavy atom. The van der Waals surface area contributed by atoms with Crippen LogP contribution in [0.1, 0.15) is 13.8 Å². The summed E-state index contributed by atoms with van der Waals surface area (Å²) in [6, 6.07) is 0. The zero-order chi connectivity index (χ0) is 10.7. The Morgan fingerprint density at radius 1 is 1.29 bits per heavy atom. The number of hydrogen-bond acceptors (Lipinski definition) is 4. The maximum absolute atomic E-state index is 9.53. The molecule has 0 atom stereocenters. The van der Waals surface area contributed by atoms with Crippen LogP contribution >= 0.6 is 0 Å². The first-order chi connectivity index (χ1) is 6.04. The molecule has 14 heavy (non-hydrogen) atoms. The molecule has 0 aromatic rings. The molecule has 0 radical (unpaired) electrons. The first-order valence-electron chi connectivity index (χ1n) is 3.87. The van der Waals surface area contributed by atoms with Gasteiger partial charge in [0.2, 0.25) is 0 Å². The molecular weight excluding hydrogens is 239 g/mol. The molecule has 0 heterocycles. The molecule has 6 heteroatoms. The smallest absolute Gasteiger partial charge is 0.328 e. The molecule has 78 valence electrons. The second-order valence-corrected chi connectivity index (χ2v) is 1.95. The van der Waals surface area contributed by atoms with Crippen molar-refractivity contribution in [3.05, 3.63) is 12.2 Å². The summed E-state index contributed by atoms with van der Waals surface area (Å²) in [5.41, 5.74) is 0.